The Kier molecular flexibility index (Phi) is 7.62. The largest absolute Gasteiger partial charge is 0.369 e. The van der Waals surface area contributed by atoms with Gasteiger partial charge >= 0.3 is 0 Å². The Morgan fingerprint density at radius 2 is 1.79 bits per heavy atom. The third-order valence-electron chi connectivity index (χ3n) is 5.80. The molecule has 0 bridgehead atoms. The summed E-state index contributed by atoms with van der Waals surface area (Å²) in [5.41, 5.74) is 7.91. The van der Waals surface area contributed by atoms with Gasteiger partial charge in [0.15, 0.2) is 0 Å². The van der Waals surface area contributed by atoms with E-state index in [-0.39, 0.29) is 23.6 Å². The molecule has 1 aliphatic heterocycles. The van der Waals surface area contributed by atoms with Crippen LogP contribution in [0.1, 0.15) is 38.4 Å². The minimum Gasteiger partial charge on any atom is -0.369 e. The average molecular weight is 497 g/mol. The fourth-order valence-electron chi connectivity index (χ4n) is 3.94. The molecule has 1 fully saturated rings. The van der Waals surface area contributed by atoms with E-state index in [4.69, 9.17) is 17.3 Å². The molecule has 1 saturated heterocycles. The van der Waals surface area contributed by atoms with Crippen molar-refractivity contribution >= 4 is 52.0 Å². The number of hydrogen-bond donors (Lipinski definition) is 3. The molecule has 4 rings (SSSR count). The maximum absolute atomic E-state index is 12.9. The zero-order chi connectivity index (χ0) is 24.1. The van der Waals surface area contributed by atoms with Gasteiger partial charge in [-0.1, -0.05) is 29.8 Å². The van der Waals surface area contributed by atoms with E-state index in [1.807, 2.05) is 29.6 Å². The highest BCUT2D eigenvalue weighted by molar-refractivity contribution is 7.12. The summed E-state index contributed by atoms with van der Waals surface area (Å²) in [6, 6.07) is 16.0. The molecule has 2 aromatic carbocycles. The highest BCUT2D eigenvalue weighted by Crippen LogP contribution is 2.25. The molecule has 2 heterocycles. The molecule has 0 atom stereocenters. The van der Waals surface area contributed by atoms with Crippen LogP contribution in [0.5, 0.6) is 0 Å². The van der Waals surface area contributed by atoms with Gasteiger partial charge in [-0.3, -0.25) is 19.3 Å². The van der Waals surface area contributed by atoms with E-state index in [9.17, 15) is 14.4 Å². The summed E-state index contributed by atoms with van der Waals surface area (Å²) < 4.78 is 0. The Bertz CT molecular complexity index is 1190. The van der Waals surface area contributed by atoms with Gasteiger partial charge in [-0.25, -0.2) is 0 Å². The lowest BCUT2D eigenvalue weighted by atomic mass is 9.96. The first-order valence-electron chi connectivity index (χ1n) is 11.0. The lowest BCUT2D eigenvalue weighted by Gasteiger charge is -2.30. The molecule has 176 valence electrons. The van der Waals surface area contributed by atoms with Gasteiger partial charge in [0, 0.05) is 23.7 Å². The Hall–Kier alpha value is -3.20. The summed E-state index contributed by atoms with van der Waals surface area (Å²) in [4.78, 5) is 39.4. The number of rotatable bonds is 7. The van der Waals surface area contributed by atoms with E-state index in [1.165, 1.54) is 11.3 Å². The van der Waals surface area contributed by atoms with Gasteiger partial charge in [0.25, 0.3) is 11.8 Å². The number of nitrogens with two attached hydrogens (primary N) is 1. The van der Waals surface area contributed by atoms with Crippen molar-refractivity contribution in [3.63, 3.8) is 0 Å². The molecule has 0 spiro atoms. The molecule has 0 unspecified atom stereocenters. The molecule has 7 nitrogen and oxygen atoms in total. The molecule has 34 heavy (non-hydrogen) atoms. The Morgan fingerprint density at radius 1 is 1.00 bits per heavy atom. The number of nitrogens with one attached hydrogen (secondary N) is 2. The number of benzene rings is 2. The number of carbonyl (C=O) groups is 3. The quantitative estimate of drug-likeness (QED) is 0.444. The summed E-state index contributed by atoms with van der Waals surface area (Å²) in [6.07, 6.45) is 1.54. The number of primary amides is 1. The fraction of sp³-hybridized carbons (Fsp3) is 0.240. The lowest BCUT2D eigenvalue weighted by molar-refractivity contribution is -0.123. The second kappa shape index (κ2) is 10.8. The highest BCUT2D eigenvalue weighted by Gasteiger charge is 2.23. The summed E-state index contributed by atoms with van der Waals surface area (Å²) in [5.74, 6) is -0.841. The van der Waals surface area contributed by atoms with Crippen molar-refractivity contribution in [2.45, 2.75) is 19.4 Å². The smallest absolute Gasteiger partial charge is 0.265 e. The monoisotopic (exact) mass is 496 g/mol. The summed E-state index contributed by atoms with van der Waals surface area (Å²) in [7, 11) is 0. The Balaban J connectivity index is 1.39. The number of nitrogens with zero attached hydrogens (tertiary/aromatic N) is 1. The molecular weight excluding hydrogens is 472 g/mol. The zero-order valence-electron chi connectivity index (χ0n) is 18.4. The van der Waals surface area contributed by atoms with E-state index in [2.05, 4.69) is 15.5 Å². The van der Waals surface area contributed by atoms with E-state index >= 15 is 0 Å². The molecule has 0 saturated carbocycles. The summed E-state index contributed by atoms with van der Waals surface area (Å²) >= 11 is 7.56. The van der Waals surface area contributed by atoms with Gasteiger partial charge in [0.2, 0.25) is 5.91 Å². The van der Waals surface area contributed by atoms with E-state index in [0.717, 1.165) is 38.0 Å². The van der Waals surface area contributed by atoms with E-state index in [1.54, 1.807) is 30.3 Å². The van der Waals surface area contributed by atoms with Crippen molar-refractivity contribution in [2.24, 2.45) is 11.7 Å². The van der Waals surface area contributed by atoms with Gasteiger partial charge in [0.1, 0.15) is 0 Å². The van der Waals surface area contributed by atoms with Crippen molar-refractivity contribution in [1.82, 2.24) is 4.90 Å². The van der Waals surface area contributed by atoms with Crippen LogP contribution in [0.15, 0.2) is 60.0 Å². The fourth-order valence-corrected chi connectivity index (χ4v) is 4.72. The lowest BCUT2D eigenvalue weighted by Crippen LogP contribution is -2.38. The number of amides is 3. The molecule has 1 aromatic heterocycles. The normalized spacial score (nSPS) is 14.5. The number of anilines is 2. The van der Waals surface area contributed by atoms with Gasteiger partial charge in [-0.15, -0.1) is 11.3 Å². The maximum atomic E-state index is 12.9. The number of halogens is 1. The maximum Gasteiger partial charge on any atom is 0.265 e. The second-order valence-electron chi connectivity index (χ2n) is 8.23. The first-order valence-corrected chi connectivity index (χ1v) is 12.2. The second-order valence-corrected chi connectivity index (χ2v) is 9.59. The van der Waals surface area contributed by atoms with Crippen LogP contribution in [0, 0.1) is 5.92 Å². The van der Waals surface area contributed by atoms with Crippen LogP contribution in [-0.4, -0.2) is 35.7 Å². The van der Waals surface area contributed by atoms with E-state index in [0.29, 0.717) is 26.8 Å². The van der Waals surface area contributed by atoms with Gasteiger partial charge in [0.05, 0.1) is 15.6 Å². The van der Waals surface area contributed by atoms with Gasteiger partial charge < -0.3 is 16.4 Å². The van der Waals surface area contributed by atoms with Crippen LogP contribution >= 0.6 is 22.9 Å². The molecule has 0 aliphatic carbocycles. The van der Waals surface area contributed by atoms with Crippen LogP contribution in [0.2, 0.25) is 5.02 Å². The van der Waals surface area contributed by atoms with Crippen LogP contribution in [0.3, 0.4) is 0 Å². The van der Waals surface area contributed by atoms with Crippen molar-refractivity contribution in [3.05, 3.63) is 81.0 Å². The molecule has 0 radical (unpaired) electrons. The van der Waals surface area contributed by atoms with Crippen molar-refractivity contribution in [2.75, 3.05) is 23.7 Å². The predicted molar refractivity (Wildman–Crippen MR) is 135 cm³/mol. The van der Waals surface area contributed by atoms with Crippen molar-refractivity contribution in [3.8, 4) is 0 Å². The third-order valence-corrected chi connectivity index (χ3v) is 7.00. The SMILES string of the molecule is NC(=O)C1CCN(Cc2cccc(NC(=O)c3ccc(Cl)c(NC(=O)c4cccs4)c3)c2)CC1. The molecular formula is C25H25ClN4O3S. The van der Waals surface area contributed by atoms with Crippen LogP contribution < -0.4 is 16.4 Å². The van der Waals surface area contributed by atoms with Gasteiger partial charge in [-0.2, -0.15) is 0 Å². The predicted octanol–water partition coefficient (Wildman–Crippen LogP) is 4.60. The molecule has 9 heteroatoms. The molecule has 3 aromatic rings. The first kappa shape index (κ1) is 23.9. The summed E-state index contributed by atoms with van der Waals surface area (Å²) in [5, 5.41) is 7.84. The average Bonchev–Trinajstić information content (AvgIpc) is 3.36. The topological polar surface area (TPSA) is 105 Å². The van der Waals surface area contributed by atoms with E-state index < -0.39 is 0 Å². The Morgan fingerprint density at radius 3 is 2.50 bits per heavy atom. The van der Waals surface area contributed by atoms with Gasteiger partial charge in [-0.05, 0) is 73.3 Å². The van der Waals surface area contributed by atoms with Crippen molar-refractivity contribution in [1.29, 1.82) is 0 Å². The number of thiophene rings is 1. The first-order chi connectivity index (χ1) is 16.4. The molecule has 3 amide bonds. The van der Waals surface area contributed by atoms with Crippen LogP contribution in [0.4, 0.5) is 11.4 Å². The number of piperidine rings is 1. The number of likely N-dealkylation sites (tertiary alicyclic amines) is 1. The molecule has 1 aliphatic rings. The number of carbonyl (C=O) groups excluding carboxylic acids is 3. The van der Waals surface area contributed by atoms with Crippen molar-refractivity contribution < 1.29 is 14.4 Å². The van der Waals surface area contributed by atoms with Crippen LogP contribution in [-0.2, 0) is 11.3 Å². The number of hydrogen-bond acceptors (Lipinski definition) is 5. The zero-order valence-corrected chi connectivity index (χ0v) is 20.0. The standard InChI is InChI=1S/C25H25ClN4O3S/c26-20-7-6-18(14-21(20)29-25(33)22-5-2-12-34-22)24(32)28-19-4-1-3-16(13-19)15-30-10-8-17(9-11-30)23(27)31/h1-7,12-14,17H,8-11,15H2,(H2,27,31)(H,28,32)(H,29,33). The summed E-state index contributed by atoms with van der Waals surface area (Å²) in [6.45, 7) is 2.36. The minimum absolute atomic E-state index is 0.0405. The Labute approximate surface area is 206 Å². The molecule has 4 N–H and O–H groups in total. The third kappa shape index (κ3) is 6.02. The van der Waals surface area contributed by atoms with Crippen LogP contribution in [0.25, 0.3) is 0 Å². The highest BCUT2D eigenvalue weighted by atomic mass is 35.5. The minimum atomic E-state index is -0.303.